The molecule has 0 atom stereocenters. The second-order valence-electron chi connectivity index (χ2n) is 7.15. The molecule has 1 aliphatic heterocycles. The molecule has 0 radical (unpaired) electrons. The van der Waals surface area contributed by atoms with Gasteiger partial charge in [-0.2, -0.15) is 0 Å². The molecule has 0 aromatic rings. The van der Waals surface area contributed by atoms with Crippen LogP contribution in [0.25, 0.3) is 0 Å². The maximum Gasteiger partial charge on any atom is 0.0110 e. The van der Waals surface area contributed by atoms with E-state index in [1.54, 1.807) is 0 Å². The highest BCUT2D eigenvalue weighted by Crippen LogP contribution is 2.34. The third-order valence-corrected chi connectivity index (χ3v) is 6.27. The molecule has 0 bridgehead atoms. The van der Waals surface area contributed by atoms with Crippen molar-refractivity contribution in [2.24, 2.45) is 11.3 Å². The Labute approximate surface area is 134 Å². The van der Waals surface area contributed by atoms with Gasteiger partial charge >= 0.3 is 0 Å². The van der Waals surface area contributed by atoms with Crippen molar-refractivity contribution in [3.63, 3.8) is 0 Å². The Hall–Kier alpha value is 0.400. The number of alkyl halides is 1. The molecule has 1 saturated carbocycles. The van der Waals surface area contributed by atoms with Crippen LogP contribution in [0.3, 0.4) is 0 Å². The topological polar surface area (TPSA) is 6.48 Å². The molecule has 118 valence electrons. The minimum atomic E-state index is 0.516. The van der Waals surface area contributed by atoms with E-state index < -0.39 is 0 Å². The Morgan fingerprint density at radius 3 is 1.95 bits per heavy atom. The smallest absolute Gasteiger partial charge is 0.0110 e. The van der Waals surface area contributed by atoms with Crippen molar-refractivity contribution in [3.8, 4) is 0 Å². The Morgan fingerprint density at radius 1 is 0.950 bits per heavy atom. The molecule has 0 spiro atoms. The van der Waals surface area contributed by atoms with Crippen LogP contribution in [0.1, 0.15) is 52.4 Å². The molecule has 1 heterocycles. The van der Waals surface area contributed by atoms with E-state index in [9.17, 15) is 0 Å². The molecule has 0 aromatic heterocycles. The summed E-state index contributed by atoms with van der Waals surface area (Å²) in [7, 11) is 0. The summed E-state index contributed by atoms with van der Waals surface area (Å²) in [4.78, 5) is 5.43. The average Bonchev–Trinajstić information content (AvgIpc) is 3.25. The SMILES string of the molecule is CCCC(CBr)(CCC)CN1CCN(CC2CC2)CC1. The van der Waals surface area contributed by atoms with E-state index in [2.05, 4.69) is 39.6 Å². The highest BCUT2D eigenvalue weighted by Gasteiger charge is 2.32. The lowest BCUT2D eigenvalue weighted by Gasteiger charge is -2.41. The van der Waals surface area contributed by atoms with Crippen LogP contribution in [0, 0.1) is 11.3 Å². The fraction of sp³-hybridized carbons (Fsp3) is 1.00. The van der Waals surface area contributed by atoms with Gasteiger partial charge in [0.25, 0.3) is 0 Å². The summed E-state index contributed by atoms with van der Waals surface area (Å²) in [5, 5.41) is 1.17. The summed E-state index contributed by atoms with van der Waals surface area (Å²) >= 11 is 3.82. The van der Waals surface area contributed by atoms with Crippen molar-refractivity contribution in [2.75, 3.05) is 44.6 Å². The van der Waals surface area contributed by atoms with Gasteiger partial charge in [0, 0.05) is 44.6 Å². The zero-order chi connectivity index (χ0) is 14.4. The van der Waals surface area contributed by atoms with Crippen LogP contribution in [-0.4, -0.2) is 54.4 Å². The number of hydrogen-bond donors (Lipinski definition) is 0. The predicted octanol–water partition coefficient (Wildman–Crippen LogP) is 4.00. The Balaban J connectivity index is 1.78. The van der Waals surface area contributed by atoms with E-state index in [0.717, 1.165) is 5.92 Å². The monoisotopic (exact) mass is 344 g/mol. The molecule has 0 amide bonds. The third kappa shape index (κ3) is 4.99. The van der Waals surface area contributed by atoms with Crippen molar-refractivity contribution >= 4 is 15.9 Å². The Bertz CT molecular complexity index is 264. The second-order valence-corrected chi connectivity index (χ2v) is 7.71. The molecular formula is C17H33BrN2. The van der Waals surface area contributed by atoms with Gasteiger partial charge in [-0.15, -0.1) is 0 Å². The first-order valence-corrected chi connectivity index (χ1v) is 9.84. The molecular weight excluding hydrogens is 312 g/mol. The van der Waals surface area contributed by atoms with Crippen LogP contribution >= 0.6 is 15.9 Å². The maximum absolute atomic E-state index is 3.82. The molecule has 2 fully saturated rings. The van der Waals surface area contributed by atoms with E-state index in [4.69, 9.17) is 0 Å². The van der Waals surface area contributed by atoms with E-state index >= 15 is 0 Å². The standard InChI is InChI=1S/C17H33BrN2/c1-3-7-17(14-18,8-4-2)15-20-11-9-19(10-12-20)13-16-5-6-16/h16H,3-15H2,1-2H3. The van der Waals surface area contributed by atoms with Crippen molar-refractivity contribution < 1.29 is 0 Å². The summed E-state index contributed by atoms with van der Waals surface area (Å²) < 4.78 is 0. The molecule has 1 aliphatic carbocycles. The Kier molecular flexibility index (Phi) is 6.83. The lowest BCUT2D eigenvalue weighted by Crippen LogP contribution is -2.50. The molecule has 2 rings (SSSR count). The number of nitrogens with zero attached hydrogens (tertiary/aromatic N) is 2. The van der Waals surface area contributed by atoms with Gasteiger partial charge < -0.3 is 9.80 Å². The molecule has 0 unspecified atom stereocenters. The highest BCUT2D eigenvalue weighted by molar-refractivity contribution is 9.09. The van der Waals surface area contributed by atoms with Gasteiger partial charge in [0.2, 0.25) is 0 Å². The minimum Gasteiger partial charge on any atom is -0.301 e. The Morgan fingerprint density at radius 2 is 1.50 bits per heavy atom. The summed E-state index contributed by atoms with van der Waals surface area (Å²) in [5.41, 5.74) is 0.516. The van der Waals surface area contributed by atoms with Gasteiger partial charge in [0.05, 0.1) is 0 Å². The lowest BCUT2D eigenvalue weighted by molar-refractivity contribution is 0.0824. The van der Waals surface area contributed by atoms with E-state index in [-0.39, 0.29) is 0 Å². The fourth-order valence-electron chi connectivity index (χ4n) is 3.79. The second kappa shape index (κ2) is 8.14. The van der Waals surface area contributed by atoms with Gasteiger partial charge in [0.1, 0.15) is 0 Å². The molecule has 2 nitrogen and oxygen atoms in total. The number of hydrogen-bond acceptors (Lipinski definition) is 2. The summed E-state index contributed by atoms with van der Waals surface area (Å²) in [6, 6.07) is 0. The fourth-order valence-corrected chi connectivity index (χ4v) is 4.53. The van der Waals surface area contributed by atoms with Gasteiger partial charge in [-0.3, -0.25) is 0 Å². The van der Waals surface area contributed by atoms with Crippen LogP contribution < -0.4 is 0 Å². The minimum absolute atomic E-state index is 0.516. The number of piperazine rings is 1. The molecule has 0 aromatic carbocycles. The zero-order valence-electron chi connectivity index (χ0n) is 13.5. The van der Waals surface area contributed by atoms with Gasteiger partial charge in [-0.1, -0.05) is 42.6 Å². The largest absolute Gasteiger partial charge is 0.301 e. The third-order valence-electron chi connectivity index (χ3n) is 5.08. The van der Waals surface area contributed by atoms with Crippen LogP contribution in [0.5, 0.6) is 0 Å². The summed E-state index contributed by atoms with van der Waals surface area (Å²) in [5.74, 6) is 1.04. The molecule has 0 N–H and O–H groups in total. The first-order chi connectivity index (χ1) is 9.71. The number of halogens is 1. The maximum atomic E-state index is 3.82. The van der Waals surface area contributed by atoms with Crippen molar-refractivity contribution in [1.82, 2.24) is 9.80 Å². The molecule has 20 heavy (non-hydrogen) atoms. The molecule has 3 heteroatoms. The quantitative estimate of drug-likeness (QED) is 0.583. The van der Waals surface area contributed by atoms with E-state index in [1.165, 1.54) is 83.1 Å². The van der Waals surface area contributed by atoms with Crippen LogP contribution in [0.2, 0.25) is 0 Å². The zero-order valence-corrected chi connectivity index (χ0v) is 15.1. The normalized spacial score (nSPS) is 22.4. The van der Waals surface area contributed by atoms with Crippen LogP contribution in [0.4, 0.5) is 0 Å². The lowest BCUT2D eigenvalue weighted by atomic mass is 9.80. The van der Waals surface area contributed by atoms with Gasteiger partial charge in [-0.05, 0) is 37.0 Å². The molecule has 2 aliphatic rings. The average molecular weight is 345 g/mol. The van der Waals surface area contributed by atoms with Crippen LogP contribution in [-0.2, 0) is 0 Å². The van der Waals surface area contributed by atoms with Gasteiger partial charge in [-0.25, -0.2) is 0 Å². The van der Waals surface area contributed by atoms with Crippen molar-refractivity contribution in [1.29, 1.82) is 0 Å². The van der Waals surface area contributed by atoms with Crippen molar-refractivity contribution in [3.05, 3.63) is 0 Å². The van der Waals surface area contributed by atoms with E-state index in [0.29, 0.717) is 5.41 Å². The van der Waals surface area contributed by atoms with Crippen molar-refractivity contribution in [2.45, 2.75) is 52.4 Å². The van der Waals surface area contributed by atoms with E-state index in [1.807, 2.05) is 0 Å². The first kappa shape index (κ1) is 16.8. The molecule has 1 saturated heterocycles. The number of rotatable bonds is 9. The highest BCUT2D eigenvalue weighted by atomic mass is 79.9. The first-order valence-electron chi connectivity index (χ1n) is 8.72. The summed E-state index contributed by atoms with van der Waals surface area (Å²) in [6.45, 7) is 12.5. The predicted molar refractivity (Wildman–Crippen MR) is 91.6 cm³/mol. The van der Waals surface area contributed by atoms with Crippen LogP contribution in [0.15, 0.2) is 0 Å². The summed E-state index contributed by atoms with van der Waals surface area (Å²) in [6.07, 6.45) is 8.34. The van der Waals surface area contributed by atoms with Gasteiger partial charge in [0.15, 0.2) is 0 Å².